The van der Waals surface area contributed by atoms with E-state index in [1.807, 2.05) is 13.8 Å². The van der Waals surface area contributed by atoms with Gasteiger partial charge in [-0.05, 0) is 30.5 Å². The Labute approximate surface area is 120 Å². The molecule has 108 valence electrons. The summed E-state index contributed by atoms with van der Waals surface area (Å²) in [5.41, 5.74) is 0. The average Bonchev–Trinajstić information content (AvgIpc) is 2.31. The molecule has 0 aromatic heterocycles. The highest BCUT2D eigenvalue weighted by atomic mass is 79.9. The first-order valence-corrected chi connectivity index (χ1v) is 8.41. The van der Waals surface area contributed by atoms with Crippen molar-refractivity contribution in [3.63, 3.8) is 0 Å². The predicted octanol–water partition coefficient (Wildman–Crippen LogP) is 3.05. The van der Waals surface area contributed by atoms with Gasteiger partial charge in [0.1, 0.15) is 16.5 Å². The van der Waals surface area contributed by atoms with E-state index in [0.29, 0.717) is 17.8 Å². The Morgan fingerprint density at radius 2 is 1.95 bits per heavy atom. The molecule has 0 saturated carbocycles. The normalized spacial score (nSPS) is 13.8. The van der Waals surface area contributed by atoms with Gasteiger partial charge in [0.05, 0.1) is 0 Å². The van der Waals surface area contributed by atoms with E-state index in [4.69, 9.17) is 0 Å². The summed E-state index contributed by atoms with van der Waals surface area (Å²) >= 11 is 3.24. The van der Waals surface area contributed by atoms with Gasteiger partial charge < -0.3 is 0 Å². The van der Waals surface area contributed by atoms with Crippen LogP contribution in [0.25, 0.3) is 0 Å². The van der Waals surface area contributed by atoms with Gasteiger partial charge in [-0.2, -0.15) is 0 Å². The number of sulfonamides is 1. The highest BCUT2D eigenvalue weighted by molar-refractivity contribution is 9.09. The molecule has 19 heavy (non-hydrogen) atoms. The molecule has 0 aliphatic carbocycles. The molecule has 0 amide bonds. The molecule has 0 aliphatic rings. The molecule has 0 fully saturated rings. The molecular formula is C12H16BrF2NO2S. The third-order valence-electron chi connectivity index (χ3n) is 2.71. The van der Waals surface area contributed by atoms with Gasteiger partial charge in [-0.3, -0.25) is 0 Å². The maximum absolute atomic E-state index is 13.5. The van der Waals surface area contributed by atoms with Crippen molar-refractivity contribution in [2.75, 3.05) is 5.33 Å². The van der Waals surface area contributed by atoms with E-state index >= 15 is 0 Å². The Balaban J connectivity index is 3.06. The zero-order chi connectivity index (χ0) is 14.6. The van der Waals surface area contributed by atoms with Crippen LogP contribution in [-0.4, -0.2) is 19.8 Å². The summed E-state index contributed by atoms with van der Waals surface area (Å²) in [6.45, 7) is 3.72. The number of rotatable bonds is 6. The van der Waals surface area contributed by atoms with Crippen LogP contribution >= 0.6 is 15.9 Å². The van der Waals surface area contributed by atoms with Crippen LogP contribution in [0.3, 0.4) is 0 Å². The van der Waals surface area contributed by atoms with Crippen molar-refractivity contribution in [1.82, 2.24) is 4.72 Å². The van der Waals surface area contributed by atoms with Gasteiger partial charge in [0, 0.05) is 11.4 Å². The van der Waals surface area contributed by atoms with Crippen molar-refractivity contribution in [3.05, 3.63) is 29.8 Å². The van der Waals surface area contributed by atoms with Crippen molar-refractivity contribution in [3.8, 4) is 0 Å². The van der Waals surface area contributed by atoms with Gasteiger partial charge in [-0.1, -0.05) is 29.8 Å². The maximum atomic E-state index is 13.5. The second kappa shape index (κ2) is 6.76. The highest BCUT2D eigenvalue weighted by Crippen LogP contribution is 2.18. The van der Waals surface area contributed by atoms with E-state index in [-0.39, 0.29) is 12.0 Å². The molecule has 1 unspecified atom stereocenters. The van der Waals surface area contributed by atoms with Gasteiger partial charge in [-0.15, -0.1) is 0 Å². The first kappa shape index (κ1) is 16.5. The first-order chi connectivity index (χ1) is 8.77. The zero-order valence-electron chi connectivity index (χ0n) is 10.7. The number of benzene rings is 1. The van der Waals surface area contributed by atoms with Crippen molar-refractivity contribution in [1.29, 1.82) is 0 Å². The third-order valence-corrected chi connectivity index (χ3v) is 4.68. The third kappa shape index (κ3) is 4.50. The van der Waals surface area contributed by atoms with Crippen LogP contribution in [0.15, 0.2) is 23.1 Å². The van der Waals surface area contributed by atoms with E-state index in [1.165, 1.54) is 0 Å². The van der Waals surface area contributed by atoms with E-state index in [2.05, 4.69) is 20.7 Å². The van der Waals surface area contributed by atoms with Gasteiger partial charge in [0.15, 0.2) is 0 Å². The lowest BCUT2D eigenvalue weighted by molar-refractivity contribution is 0.438. The molecule has 7 heteroatoms. The fraction of sp³-hybridized carbons (Fsp3) is 0.500. The number of hydrogen-bond donors (Lipinski definition) is 1. The summed E-state index contributed by atoms with van der Waals surface area (Å²) in [6, 6.07) is 2.03. The Bertz CT molecular complexity index is 535. The lowest BCUT2D eigenvalue weighted by atomic mass is 10.0. The SMILES string of the molecule is CC(C)C(CCBr)NS(=O)(=O)c1cc(F)ccc1F. The Hall–Kier alpha value is -0.530. The van der Waals surface area contributed by atoms with Crippen molar-refractivity contribution < 1.29 is 17.2 Å². The number of hydrogen-bond acceptors (Lipinski definition) is 2. The number of nitrogens with one attached hydrogen (secondary N) is 1. The molecule has 0 spiro atoms. The van der Waals surface area contributed by atoms with Crippen LogP contribution in [0.5, 0.6) is 0 Å². The van der Waals surface area contributed by atoms with Gasteiger partial charge in [-0.25, -0.2) is 21.9 Å². The summed E-state index contributed by atoms with van der Waals surface area (Å²) in [4.78, 5) is -0.660. The van der Waals surface area contributed by atoms with E-state index in [1.54, 1.807) is 0 Å². The average molecular weight is 356 g/mol. The van der Waals surface area contributed by atoms with Crippen LogP contribution in [0.1, 0.15) is 20.3 Å². The van der Waals surface area contributed by atoms with Crippen LogP contribution in [-0.2, 0) is 10.0 Å². The molecule has 3 nitrogen and oxygen atoms in total. The fourth-order valence-corrected chi connectivity index (χ4v) is 3.59. The molecule has 1 rings (SSSR count). The summed E-state index contributed by atoms with van der Waals surface area (Å²) < 4.78 is 53.1. The summed E-state index contributed by atoms with van der Waals surface area (Å²) in [7, 11) is -4.07. The maximum Gasteiger partial charge on any atom is 0.243 e. The van der Waals surface area contributed by atoms with Gasteiger partial charge >= 0.3 is 0 Å². The van der Waals surface area contributed by atoms with Gasteiger partial charge in [0.2, 0.25) is 10.0 Å². The second-order valence-electron chi connectivity index (χ2n) is 4.52. The molecule has 0 radical (unpaired) electrons. The minimum absolute atomic E-state index is 0.0453. The largest absolute Gasteiger partial charge is 0.243 e. The molecular weight excluding hydrogens is 340 g/mol. The Kier molecular flexibility index (Phi) is 5.88. The van der Waals surface area contributed by atoms with Crippen molar-refractivity contribution in [2.45, 2.75) is 31.2 Å². The molecule has 1 atom stereocenters. The molecule has 1 N–H and O–H groups in total. The topological polar surface area (TPSA) is 46.2 Å². The zero-order valence-corrected chi connectivity index (χ0v) is 13.1. The Morgan fingerprint density at radius 3 is 2.47 bits per heavy atom. The van der Waals surface area contributed by atoms with Crippen molar-refractivity contribution in [2.24, 2.45) is 5.92 Å². The quantitative estimate of drug-likeness (QED) is 0.797. The summed E-state index contributed by atoms with van der Waals surface area (Å²) in [5.74, 6) is -1.71. The number of alkyl halides is 1. The minimum atomic E-state index is -4.07. The Morgan fingerprint density at radius 1 is 1.32 bits per heavy atom. The fourth-order valence-electron chi connectivity index (χ4n) is 1.59. The first-order valence-electron chi connectivity index (χ1n) is 5.81. The van der Waals surface area contributed by atoms with E-state index in [9.17, 15) is 17.2 Å². The second-order valence-corrected chi connectivity index (χ2v) is 7.00. The van der Waals surface area contributed by atoms with Crippen molar-refractivity contribution >= 4 is 26.0 Å². The predicted molar refractivity (Wildman–Crippen MR) is 73.7 cm³/mol. The molecule has 0 heterocycles. The van der Waals surface area contributed by atoms with Crippen LogP contribution in [0.4, 0.5) is 8.78 Å². The lowest BCUT2D eigenvalue weighted by Crippen LogP contribution is -2.39. The summed E-state index contributed by atoms with van der Waals surface area (Å²) in [6.07, 6.45) is 0.563. The summed E-state index contributed by atoms with van der Waals surface area (Å²) in [5, 5.41) is 0.615. The van der Waals surface area contributed by atoms with Crippen LogP contribution in [0.2, 0.25) is 0 Å². The molecule has 0 bridgehead atoms. The highest BCUT2D eigenvalue weighted by Gasteiger charge is 2.25. The van der Waals surface area contributed by atoms with Gasteiger partial charge in [0.25, 0.3) is 0 Å². The monoisotopic (exact) mass is 355 g/mol. The lowest BCUT2D eigenvalue weighted by Gasteiger charge is -2.21. The van der Waals surface area contributed by atoms with Crippen LogP contribution in [0, 0.1) is 17.6 Å². The minimum Gasteiger partial charge on any atom is -0.208 e. The molecule has 1 aromatic rings. The molecule has 1 aromatic carbocycles. The van der Waals surface area contributed by atoms with E-state index < -0.39 is 26.6 Å². The molecule has 0 saturated heterocycles. The standard InChI is InChI=1S/C12H16BrF2NO2S/c1-8(2)11(5-6-13)16-19(17,18)12-7-9(14)3-4-10(12)15/h3-4,7-8,11,16H,5-6H2,1-2H3. The number of halogens is 3. The van der Waals surface area contributed by atoms with E-state index in [0.717, 1.165) is 12.1 Å². The molecule has 0 aliphatic heterocycles. The smallest absolute Gasteiger partial charge is 0.208 e. The van der Waals surface area contributed by atoms with Crippen LogP contribution < -0.4 is 4.72 Å².